The van der Waals surface area contributed by atoms with Crippen LogP contribution in [-0.2, 0) is 0 Å². The number of thioether (sulfide) groups is 1. The second kappa shape index (κ2) is 6.64. The van der Waals surface area contributed by atoms with E-state index in [2.05, 4.69) is 24.4 Å². The van der Waals surface area contributed by atoms with E-state index in [-0.39, 0.29) is 6.04 Å². The summed E-state index contributed by atoms with van der Waals surface area (Å²) in [6.07, 6.45) is 0.890. The Morgan fingerprint density at radius 3 is 2.74 bits per heavy atom. The molecule has 0 aliphatic carbocycles. The van der Waals surface area contributed by atoms with Crippen LogP contribution in [0, 0.1) is 0 Å². The molecule has 1 heterocycles. The Bertz CT molecular complexity index is 388. The van der Waals surface area contributed by atoms with Gasteiger partial charge < -0.3 is 15.2 Å². The second-order valence-electron chi connectivity index (χ2n) is 5.13. The first-order chi connectivity index (χ1) is 9.13. The highest BCUT2D eigenvalue weighted by Crippen LogP contribution is 2.28. The summed E-state index contributed by atoms with van der Waals surface area (Å²) in [6, 6.07) is 8.39. The molecule has 1 aromatic carbocycles. The highest BCUT2D eigenvalue weighted by atomic mass is 32.2. The van der Waals surface area contributed by atoms with Crippen LogP contribution in [-0.4, -0.2) is 35.4 Å². The SMILES string of the molecule is CCOc1ccc([C@H](C)NC[C@@]2(O)CCSC2)cc1. The highest BCUT2D eigenvalue weighted by Gasteiger charge is 2.31. The maximum absolute atomic E-state index is 10.3. The van der Waals surface area contributed by atoms with Gasteiger partial charge in [0, 0.05) is 18.3 Å². The van der Waals surface area contributed by atoms with Gasteiger partial charge in [0.2, 0.25) is 0 Å². The summed E-state index contributed by atoms with van der Waals surface area (Å²) in [4.78, 5) is 0. The number of hydrogen-bond acceptors (Lipinski definition) is 4. The zero-order valence-corrected chi connectivity index (χ0v) is 12.5. The molecular formula is C15H23NO2S. The van der Waals surface area contributed by atoms with Crippen LogP contribution in [0.5, 0.6) is 5.75 Å². The lowest BCUT2D eigenvalue weighted by Gasteiger charge is -2.24. The van der Waals surface area contributed by atoms with E-state index in [1.54, 1.807) is 0 Å². The van der Waals surface area contributed by atoms with Gasteiger partial charge in [-0.15, -0.1) is 0 Å². The Morgan fingerprint density at radius 1 is 1.42 bits per heavy atom. The third-order valence-electron chi connectivity index (χ3n) is 3.51. The summed E-state index contributed by atoms with van der Waals surface area (Å²) in [5, 5.41) is 13.7. The number of rotatable bonds is 6. The maximum atomic E-state index is 10.3. The minimum Gasteiger partial charge on any atom is -0.494 e. The van der Waals surface area contributed by atoms with Gasteiger partial charge in [0.15, 0.2) is 0 Å². The van der Waals surface area contributed by atoms with E-state index in [1.807, 2.05) is 30.8 Å². The molecule has 3 nitrogen and oxygen atoms in total. The Balaban J connectivity index is 1.86. The van der Waals surface area contributed by atoms with E-state index in [0.29, 0.717) is 13.2 Å². The van der Waals surface area contributed by atoms with Crippen LogP contribution in [0.3, 0.4) is 0 Å². The minimum absolute atomic E-state index is 0.241. The number of ether oxygens (including phenoxy) is 1. The lowest BCUT2D eigenvalue weighted by Crippen LogP contribution is -2.41. The molecule has 0 aromatic heterocycles. The molecule has 2 N–H and O–H groups in total. The van der Waals surface area contributed by atoms with E-state index < -0.39 is 5.60 Å². The summed E-state index contributed by atoms with van der Waals surface area (Å²) >= 11 is 1.83. The molecule has 0 spiro atoms. The molecule has 106 valence electrons. The molecule has 0 saturated carbocycles. The number of hydrogen-bond donors (Lipinski definition) is 2. The first-order valence-corrected chi connectivity index (χ1v) is 8.05. The molecule has 2 atom stereocenters. The highest BCUT2D eigenvalue weighted by molar-refractivity contribution is 7.99. The van der Waals surface area contributed by atoms with Gasteiger partial charge in [-0.25, -0.2) is 0 Å². The predicted molar refractivity (Wildman–Crippen MR) is 80.9 cm³/mol. The number of benzene rings is 1. The van der Waals surface area contributed by atoms with Gasteiger partial charge in [-0.05, 0) is 43.7 Å². The topological polar surface area (TPSA) is 41.5 Å². The van der Waals surface area contributed by atoms with Crippen molar-refractivity contribution in [2.24, 2.45) is 0 Å². The fourth-order valence-electron chi connectivity index (χ4n) is 2.22. The molecule has 19 heavy (non-hydrogen) atoms. The van der Waals surface area contributed by atoms with Crippen LogP contribution < -0.4 is 10.1 Å². The first kappa shape index (κ1) is 14.7. The average Bonchev–Trinajstić information content (AvgIpc) is 2.85. The molecule has 1 saturated heterocycles. The van der Waals surface area contributed by atoms with Crippen molar-refractivity contribution in [1.82, 2.24) is 5.32 Å². The molecule has 4 heteroatoms. The van der Waals surface area contributed by atoms with E-state index in [1.165, 1.54) is 5.56 Å². The van der Waals surface area contributed by atoms with E-state index in [4.69, 9.17) is 4.74 Å². The van der Waals surface area contributed by atoms with E-state index >= 15 is 0 Å². The van der Waals surface area contributed by atoms with Crippen molar-refractivity contribution >= 4 is 11.8 Å². The Labute approximate surface area is 119 Å². The maximum Gasteiger partial charge on any atom is 0.119 e. The molecule has 0 bridgehead atoms. The summed E-state index contributed by atoms with van der Waals surface area (Å²) in [7, 11) is 0. The molecule has 0 unspecified atom stereocenters. The fourth-order valence-corrected chi connectivity index (χ4v) is 3.51. The molecule has 0 amide bonds. The number of nitrogens with one attached hydrogen (secondary N) is 1. The van der Waals surface area contributed by atoms with Crippen molar-refractivity contribution in [2.75, 3.05) is 24.7 Å². The summed E-state index contributed by atoms with van der Waals surface area (Å²) < 4.78 is 5.43. The van der Waals surface area contributed by atoms with E-state index in [0.717, 1.165) is 23.7 Å². The van der Waals surface area contributed by atoms with Crippen LogP contribution in [0.25, 0.3) is 0 Å². The first-order valence-electron chi connectivity index (χ1n) is 6.89. The molecule has 1 aromatic rings. The van der Waals surface area contributed by atoms with Gasteiger partial charge in [0.1, 0.15) is 5.75 Å². The molecular weight excluding hydrogens is 258 g/mol. The molecule has 1 aliphatic rings. The zero-order valence-electron chi connectivity index (χ0n) is 11.7. The lowest BCUT2D eigenvalue weighted by atomic mass is 10.0. The van der Waals surface area contributed by atoms with Crippen LogP contribution in [0.15, 0.2) is 24.3 Å². The average molecular weight is 281 g/mol. The van der Waals surface area contributed by atoms with Crippen LogP contribution in [0.1, 0.15) is 31.9 Å². The van der Waals surface area contributed by atoms with Gasteiger partial charge in [0.05, 0.1) is 12.2 Å². The minimum atomic E-state index is -0.524. The molecule has 1 fully saturated rings. The zero-order chi connectivity index (χ0) is 13.7. The Morgan fingerprint density at radius 2 is 2.16 bits per heavy atom. The summed E-state index contributed by atoms with van der Waals surface area (Å²) in [5.41, 5.74) is 0.696. The van der Waals surface area contributed by atoms with Crippen molar-refractivity contribution in [3.05, 3.63) is 29.8 Å². The molecule has 2 rings (SSSR count). The lowest BCUT2D eigenvalue weighted by molar-refractivity contribution is 0.0651. The normalized spacial score (nSPS) is 24.4. The second-order valence-corrected chi connectivity index (χ2v) is 6.24. The van der Waals surface area contributed by atoms with Crippen molar-refractivity contribution in [3.63, 3.8) is 0 Å². The Kier molecular flexibility index (Phi) is 5.13. The third kappa shape index (κ3) is 4.13. The largest absolute Gasteiger partial charge is 0.494 e. The Hall–Kier alpha value is -0.710. The van der Waals surface area contributed by atoms with Gasteiger partial charge in [-0.3, -0.25) is 0 Å². The van der Waals surface area contributed by atoms with Gasteiger partial charge >= 0.3 is 0 Å². The predicted octanol–water partition coefficient (Wildman–Crippen LogP) is 2.60. The van der Waals surface area contributed by atoms with Crippen molar-refractivity contribution in [3.8, 4) is 5.75 Å². The van der Waals surface area contributed by atoms with Gasteiger partial charge in [-0.1, -0.05) is 12.1 Å². The van der Waals surface area contributed by atoms with Crippen molar-refractivity contribution < 1.29 is 9.84 Å². The third-order valence-corrected chi connectivity index (χ3v) is 4.75. The van der Waals surface area contributed by atoms with Crippen molar-refractivity contribution in [2.45, 2.75) is 31.9 Å². The van der Waals surface area contributed by atoms with Crippen molar-refractivity contribution in [1.29, 1.82) is 0 Å². The van der Waals surface area contributed by atoms with Gasteiger partial charge in [0.25, 0.3) is 0 Å². The quantitative estimate of drug-likeness (QED) is 0.841. The van der Waals surface area contributed by atoms with Crippen LogP contribution in [0.2, 0.25) is 0 Å². The van der Waals surface area contributed by atoms with Crippen LogP contribution >= 0.6 is 11.8 Å². The molecule has 1 aliphatic heterocycles. The summed E-state index contributed by atoms with van der Waals surface area (Å²) in [6.45, 7) is 5.46. The number of aliphatic hydroxyl groups is 1. The fraction of sp³-hybridized carbons (Fsp3) is 0.600. The van der Waals surface area contributed by atoms with E-state index in [9.17, 15) is 5.11 Å². The summed E-state index contributed by atoms with van der Waals surface area (Å²) in [5.74, 6) is 2.82. The van der Waals surface area contributed by atoms with Crippen LogP contribution in [0.4, 0.5) is 0 Å². The molecule has 0 radical (unpaired) electrons. The monoisotopic (exact) mass is 281 g/mol. The van der Waals surface area contributed by atoms with Gasteiger partial charge in [-0.2, -0.15) is 11.8 Å². The standard InChI is InChI=1S/C15H23NO2S/c1-3-18-14-6-4-13(5-7-14)12(2)16-10-15(17)8-9-19-11-15/h4-7,12,16-17H,3,8-11H2,1-2H3/t12-,15-/m0/s1. The smallest absolute Gasteiger partial charge is 0.119 e.